The smallest absolute Gasteiger partial charge is 0.335 e. The molecule has 0 bridgehead atoms. The van der Waals surface area contributed by atoms with Gasteiger partial charge in [0.05, 0.1) is 11.0 Å². The topological polar surface area (TPSA) is 147 Å². The van der Waals surface area contributed by atoms with Crippen LogP contribution in [0.3, 0.4) is 0 Å². The highest BCUT2D eigenvalue weighted by atomic mass is 79.9. The first kappa shape index (κ1) is 17.3. The largest absolute Gasteiger partial charge is 0.479 e. The van der Waals surface area contributed by atoms with Crippen LogP contribution in [0, 0.1) is 0 Å². The van der Waals surface area contributed by atoms with Crippen molar-refractivity contribution in [2.24, 2.45) is 0 Å². The molecule has 8 nitrogen and oxygen atoms in total. The molecule has 1 aromatic heterocycles. The van der Waals surface area contributed by atoms with E-state index in [1.807, 2.05) is 0 Å². The van der Waals surface area contributed by atoms with Crippen LogP contribution in [0.15, 0.2) is 21.1 Å². The number of aliphatic carboxylic acids is 1. The predicted molar refractivity (Wildman–Crippen MR) is 82.1 cm³/mol. The molecule has 120 valence electrons. The molecular weight excluding hydrogens is 428 g/mol. The number of benzene rings is 1. The van der Waals surface area contributed by atoms with Gasteiger partial charge in [-0.05, 0) is 44.0 Å². The van der Waals surface area contributed by atoms with Crippen LogP contribution in [0.5, 0.6) is 0 Å². The average molecular weight is 440 g/mol. The number of aromatic nitrogens is 2. The standard InChI is InChI=1S/C12H12Br2N2O6/c13-3-1-5-6(2-4(3)14)16-11(15-5)9(19)7(17)8(18)10(20)12(21)22/h1-2,7-10,17-20H,(H,15,16)(H,21,22)/t7?,8-,9-,10?/m0/s1. The number of aliphatic hydroxyl groups excluding tert-OH is 4. The first-order valence-electron chi connectivity index (χ1n) is 6.02. The van der Waals surface area contributed by atoms with E-state index in [0.717, 1.165) is 8.95 Å². The van der Waals surface area contributed by atoms with Crippen LogP contribution < -0.4 is 0 Å². The van der Waals surface area contributed by atoms with Gasteiger partial charge in [0.25, 0.3) is 0 Å². The molecule has 1 aromatic carbocycles. The van der Waals surface area contributed by atoms with Crippen molar-refractivity contribution in [2.45, 2.75) is 24.4 Å². The van der Waals surface area contributed by atoms with Gasteiger partial charge in [0, 0.05) is 8.95 Å². The van der Waals surface area contributed by atoms with E-state index in [9.17, 15) is 25.2 Å². The fourth-order valence-corrected chi connectivity index (χ4v) is 2.52. The van der Waals surface area contributed by atoms with Gasteiger partial charge in [-0.2, -0.15) is 0 Å². The van der Waals surface area contributed by atoms with Crippen LogP contribution in [0.25, 0.3) is 11.0 Å². The van der Waals surface area contributed by atoms with Gasteiger partial charge in [-0.3, -0.25) is 0 Å². The Bertz CT molecular complexity index is 667. The quantitative estimate of drug-likeness (QED) is 0.392. The molecule has 1 heterocycles. The third-order valence-electron chi connectivity index (χ3n) is 3.07. The summed E-state index contributed by atoms with van der Waals surface area (Å²) in [5, 5.41) is 47.1. The molecule has 0 aliphatic carbocycles. The summed E-state index contributed by atoms with van der Waals surface area (Å²) >= 11 is 6.60. The fourth-order valence-electron chi connectivity index (χ4n) is 1.85. The molecule has 0 saturated carbocycles. The molecule has 4 atom stereocenters. The molecule has 0 fully saturated rings. The third kappa shape index (κ3) is 3.31. The second-order valence-corrected chi connectivity index (χ2v) is 6.32. The molecule has 2 unspecified atom stereocenters. The van der Waals surface area contributed by atoms with Gasteiger partial charge in [-0.15, -0.1) is 0 Å². The summed E-state index contributed by atoms with van der Waals surface area (Å²) in [6.07, 6.45) is -7.93. The molecule has 22 heavy (non-hydrogen) atoms. The number of carbonyl (C=O) groups is 1. The van der Waals surface area contributed by atoms with E-state index in [-0.39, 0.29) is 5.82 Å². The predicted octanol–water partition coefficient (Wildman–Crippen LogP) is 0.289. The molecule has 0 saturated heterocycles. The Balaban J connectivity index is 2.29. The summed E-state index contributed by atoms with van der Waals surface area (Å²) in [6, 6.07) is 3.36. The van der Waals surface area contributed by atoms with Crippen molar-refractivity contribution in [3.05, 3.63) is 26.9 Å². The number of fused-ring (bicyclic) bond motifs is 1. The number of H-pyrrole nitrogens is 1. The van der Waals surface area contributed by atoms with Crippen LogP contribution in [0.2, 0.25) is 0 Å². The zero-order valence-corrected chi connectivity index (χ0v) is 14.0. The minimum atomic E-state index is -2.22. The number of imidazole rings is 1. The molecule has 10 heteroatoms. The maximum Gasteiger partial charge on any atom is 0.335 e. The van der Waals surface area contributed by atoms with Crippen LogP contribution in [-0.2, 0) is 4.79 Å². The number of nitrogens with one attached hydrogen (secondary N) is 1. The number of rotatable bonds is 5. The minimum Gasteiger partial charge on any atom is -0.479 e. The number of carboxylic acid groups (broad SMARTS) is 1. The number of aliphatic hydroxyl groups is 4. The van der Waals surface area contributed by atoms with Crippen LogP contribution in [0.1, 0.15) is 11.9 Å². The summed E-state index contributed by atoms with van der Waals surface area (Å²) < 4.78 is 1.47. The lowest BCUT2D eigenvalue weighted by atomic mass is 10.0. The molecule has 2 rings (SSSR count). The Morgan fingerprint density at radius 3 is 2.27 bits per heavy atom. The first-order valence-corrected chi connectivity index (χ1v) is 7.60. The number of hydrogen-bond donors (Lipinski definition) is 6. The number of nitrogens with zero attached hydrogens (tertiary/aromatic N) is 1. The van der Waals surface area contributed by atoms with Gasteiger partial charge >= 0.3 is 5.97 Å². The van der Waals surface area contributed by atoms with Crippen LogP contribution in [-0.4, -0.2) is 59.8 Å². The number of hydrogen-bond acceptors (Lipinski definition) is 6. The zero-order chi connectivity index (χ0) is 16.6. The van der Waals surface area contributed by atoms with Gasteiger partial charge in [0.2, 0.25) is 0 Å². The highest BCUT2D eigenvalue weighted by Crippen LogP contribution is 2.29. The minimum absolute atomic E-state index is 0.0656. The lowest BCUT2D eigenvalue weighted by molar-refractivity contribution is -0.163. The molecule has 2 aromatic rings. The van der Waals surface area contributed by atoms with E-state index in [1.54, 1.807) is 12.1 Å². The Kier molecular flexibility index (Phi) is 5.20. The van der Waals surface area contributed by atoms with E-state index >= 15 is 0 Å². The third-order valence-corrected chi connectivity index (χ3v) is 4.92. The van der Waals surface area contributed by atoms with E-state index in [2.05, 4.69) is 41.8 Å². The molecule has 0 radical (unpaired) electrons. The highest BCUT2D eigenvalue weighted by Gasteiger charge is 2.36. The Hall–Kier alpha value is -1.04. The molecule has 0 amide bonds. The average Bonchev–Trinajstić information content (AvgIpc) is 2.87. The van der Waals surface area contributed by atoms with Crippen molar-refractivity contribution in [1.82, 2.24) is 9.97 Å². The van der Waals surface area contributed by atoms with Crippen molar-refractivity contribution >= 4 is 48.9 Å². The number of carboxylic acids is 1. The molecule has 0 aliphatic heterocycles. The molecule has 0 aliphatic rings. The van der Waals surface area contributed by atoms with Gasteiger partial charge < -0.3 is 30.5 Å². The monoisotopic (exact) mass is 438 g/mol. The second kappa shape index (κ2) is 6.60. The Morgan fingerprint density at radius 2 is 1.68 bits per heavy atom. The van der Waals surface area contributed by atoms with Crippen molar-refractivity contribution in [1.29, 1.82) is 0 Å². The number of halogens is 2. The van der Waals surface area contributed by atoms with Gasteiger partial charge in [-0.25, -0.2) is 9.78 Å². The van der Waals surface area contributed by atoms with E-state index in [4.69, 9.17) is 5.11 Å². The van der Waals surface area contributed by atoms with E-state index in [0.29, 0.717) is 11.0 Å². The lowest BCUT2D eigenvalue weighted by Gasteiger charge is -2.23. The van der Waals surface area contributed by atoms with Gasteiger partial charge in [-0.1, -0.05) is 0 Å². The summed E-state index contributed by atoms with van der Waals surface area (Å²) in [6.45, 7) is 0. The van der Waals surface area contributed by atoms with E-state index in [1.165, 1.54) is 0 Å². The Morgan fingerprint density at radius 1 is 1.09 bits per heavy atom. The molecule has 6 N–H and O–H groups in total. The molecular formula is C12H12Br2N2O6. The molecule has 0 spiro atoms. The van der Waals surface area contributed by atoms with Crippen molar-refractivity contribution in [2.75, 3.05) is 0 Å². The lowest BCUT2D eigenvalue weighted by Crippen LogP contribution is -2.45. The van der Waals surface area contributed by atoms with Gasteiger partial charge in [0.15, 0.2) is 6.10 Å². The normalized spacial score (nSPS) is 17.2. The van der Waals surface area contributed by atoms with Crippen molar-refractivity contribution in [3.63, 3.8) is 0 Å². The fraction of sp³-hybridized carbons (Fsp3) is 0.333. The maximum atomic E-state index is 10.6. The van der Waals surface area contributed by atoms with Crippen LogP contribution in [0.4, 0.5) is 0 Å². The summed E-state index contributed by atoms with van der Waals surface area (Å²) in [7, 11) is 0. The van der Waals surface area contributed by atoms with Crippen molar-refractivity contribution < 1.29 is 30.3 Å². The Labute approximate surface area is 140 Å². The zero-order valence-electron chi connectivity index (χ0n) is 10.8. The van der Waals surface area contributed by atoms with E-state index < -0.39 is 30.4 Å². The maximum absolute atomic E-state index is 10.6. The SMILES string of the molecule is O=C(O)C(O)[C@@H](O)C(O)[C@H](O)c1nc2cc(Br)c(Br)cc2[nH]1. The summed E-state index contributed by atoms with van der Waals surface area (Å²) in [5.41, 5.74) is 1.05. The van der Waals surface area contributed by atoms with Crippen molar-refractivity contribution in [3.8, 4) is 0 Å². The second-order valence-electron chi connectivity index (χ2n) is 4.61. The first-order chi connectivity index (χ1) is 10.2. The highest BCUT2D eigenvalue weighted by molar-refractivity contribution is 9.13. The summed E-state index contributed by atoms with van der Waals surface area (Å²) in [4.78, 5) is 17.4. The summed E-state index contributed by atoms with van der Waals surface area (Å²) in [5.74, 6) is -1.78. The number of aromatic amines is 1. The van der Waals surface area contributed by atoms with Crippen LogP contribution >= 0.6 is 31.9 Å². The van der Waals surface area contributed by atoms with Gasteiger partial charge in [0.1, 0.15) is 24.1 Å².